The largest absolute Gasteiger partial charge is 0.313 e. The Morgan fingerprint density at radius 2 is 1.90 bits per heavy atom. The van der Waals surface area contributed by atoms with Crippen molar-refractivity contribution in [3.63, 3.8) is 0 Å². The molecule has 6 heteroatoms. The molecule has 0 spiro atoms. The first kappa shape index (κ1) is 16.9. The van der Waals surface area contributed by atoms with Gasteiger partial charge in [0.05, 0.1) is 4.90 Å². The summed E-state index contributed by atoms with van der Waals surface area (Å²) in [6, 6.07) is 3.83. The van der Waals surface area contributed by atoms with E-state index in [0.29, 0.717) is 29.0 Å². The lowest BCUT2D eigenvalue weighted by Crippen LogP contribution is -2.36. The van der Waals surface area contributed by atoms with Crippen molar-refractivity contribution < 1.29 is 8.42 Å². The molecule has 0 radical (unpaired) electrons. The van der Waals surface area contributed by atoms with Gasteiger partial charge in [0.25, 0.3) is 0 Å². The van der Waals surface area contributed by atoms with Gasteiger partial charge in [0.1, 0.15) is 0 Å². The highest BCUT2D eigenvalue weighted by Crippen LogP contribution is 2.31. The van der Waals surface area contributed by atoms with Crippen molar-refractivity contribution >= 4 is 26.0 Å². The number of hydrogen-bond donors (Lipinski definition) is 1. The van der Waals surface area contributed by atoms with E-state index in [2.05, 4.69) is 21.2 Å². The van der Waals surface area contributed by atoms with E-state index in [4.69, 9.17) is 0 Å². The standard InChI is InChI=1S/C15H23BrN2O2S/c1-3-17-11-13-9-12(2)15(16)14(10-13)21(19,20)18-7-5-4-6-8-18/h9-10,17H,3-8,11H2,1-2H3. The number of benzene rings is 1. The molecule has 1 N–H and O–H groups in total. The topological polar surface area (TPSA) is 49.4 Å². The van der Waals surface area contributed by atoms with Gasteiger partial charge in [-0.15, -0.1) is 0 Å². The van der Waals surface area contributed by atoms with Gasteiger partial charge in [0, 0.05) is 24.1 Å². The van der Waals surface area contributed by atoms with Crippen LogP contribution in [-0.2, 0) is 16.6 Å². The summed E-state index contributed by atoms with van der Waals surface area (Å²) in [5, 5.41) is 3.25. The second kappa shape index (κ2) is 7.22. The van der Waals surface area contributed by atoms with Crippen LogP contribution in [-0.4, -0.2) is 32.4 Å². The molecule has 1 aromatic rings. The predicted octanol–water partition coefficient (Wildman–Crippen LogP) is 3.04. The van der Waals surface area contributed by atoms with Gasteiger partial charge in [-0.05, 0) is 59.4 Å². The Hall–Kier alpha value is -0.430. The molecule has 0 unspecified atom stereocenters. The number of sulfonamides is 1. The first-order chi connectivity index (χ1) is 9.96. The third-order valence-electron chi connectivity index (χ3n) is 3.79. The lowest BCUT2D eigenvalue weighted by Gasteiger charge is -2.27. The van der Waals surface area contributed by atoms with Crippen molar-refractivity contribution in [1.29, 1.82) is 0 Å². The van der Waals surface area contributed by atoms with Gasteiger partial charge < -0.3 is 5.32 Å². The van der Waals surface area contributed by atoms with E-state index in [1.807, 2.05) is 19.9 Å². The van der Waals surface area contributed by atoms with Gasteiger partial charge in [-0.3, -0.25) is 0 Å². The average molecular weight is 375 g/mol. The van der Waals surface area contributed by atoms with Gasteiger partial charge in [0.2, 0.25) is 10.0 Å². The second-order valence-electron chi connectivity index (χ2n) is 5.47. The first-order valence-corrected chi connectivity index (χ1v) is 9.70. The zero-order valence-corrected chi connectivity index (χ0v) is 15.1. The molecule has 21 heavy (non-hydrogen) atoms. The number of nitrogens with zero attached hydrogens (tertiary/aromatic N) is 1. The first-order valence-electron chi connectivity index (χ1n) is 7.46. The third-order valence-corrected chi connectivity index (χ3v) is 7.03. The highest BCUT2D eigenvalue weighted by atomic mass is 79.9. The van der Waals surface area contributed by atoms with E-state index < -0.39 is 10.0 Å². The summed E-state index contributed by atoms with van der Waals surface area (Å²) >= 11 is 3.46. The molecule has 0 atom stereocenters. The highest BCUT2D eigenvalue weighted by Gasteiger charge is 2.28. The lowest BCUT2D eigenvalue weighted by molar-refractivity contribution is 0.346. The second-order valence-corrected chi connectivity index (χ2v) is 8.17. The molecular formula is C15H23BrN2O2S. The summed E-state index contributed by atoms with van der Waals surface area (Å²) in [4.78, 5) is 0.400. The van der Waals surface area contributed by atoms with Crippen LogP contribution in [0.1, 0.15) is 37.3 Å². The summed E-state index contributed by atoms with van der Waals surface area (Å²) in [7, 11) is -3.40. The minimum absolute atomic E-state index is 0.400. The Morgan fingerprint density at radius 1 is 1.24 bits per heavy atom. The summed E-state index contributed by atoms with van der Waals surface area (Å²) in [6.45, 7) is 6.79. The summed E-state index contributed by atoms with van der Waals surface area (Å²) < 4.78 is 28.0. The highest BCUT2D eigenvalue weighted by molar-refractivity contribution is 9.10. The molecule has 1 heterocycles. The maximum absolute atomic E-state index is 12.9. The molecule has 1 saturated heterocycles. The fraction of sp³-hybridized carbons (Fsp3) is 0.600. The van der Waals surface area contributed by atoms with Crippen LogP contribution in [0.3, 0.4) is 0 Å². The molecule has 1 aromatic carbocycles. The molecular weight excluding hydrogens is 352 g/mol. The molecule has 0 amide bonds. The zero-order valence-electron chi connectivity index (χ0n) is 12.7. The Kier molecular flexibility index (Phi) is 5.82. The van der Waals surface area contributed by atoms with Crippen LogP contribution in [0.5, 0.6) is 0 Å². The number of halogens is 1. The van der Waals surface area contributed by atoms with Crippen molar-refractivity contribution in [3.8, 4) is 0 Å². The lowest BCUT2D eigenvalue weighted by atomic mass is 10.1. The van der Waals surface area contributed by atoms with Crippen LogP contribution in [0.2, 0.25) is 0 Å². The van der Waals surface area contributed by atoms with Crippen molar-refractivity contribution in [1.82, 2.24) is 9.62 Å². The van der Waals surface area contributed by atoms with E-state index in [0.717, 1.165) is 36.9 Å². The van der Waals surface area contributed by atoms with E-state index in [1.54, 1.807) is 10.4 Å². The Morgan fingerprint density at radius 3 is 2.52 bits per heavy atom. The summed E-state index contributed by atoms with van der Waals surface area (Å²) in [5.74, 6) is 0. The van der Waals surface area contributed by atoms with Gasteiger partial charge in [-0.25, -0.2) is 8.42 Å². The smallest absolute Gasteiger partial charge is 0.244 e. The van der Waals surface area contributed by atoms with Crippen molar-refractivity contribution in [3.05, 3.63) is 27.7 Å². The van der Waals surface area contributed by atoms with Crippen LogP contribution < -0.4 is 5.32 Å². The molecule has 0 aliphatic carbocycles. The van der Waals surface area contributed by atoms with Crippen LogP contribution in [0, 0.1) is 6.92 Å². The number of hydrogen-bond acceptors (Lipinski definition) is 3. The Labute approximate surface area is 136 Å². The maximum Gasteiger partial charge on any atom is 0.244 e. The summed E-state index contributed by atoms with van der Waals surface area (Å²) in [5.41, 5.74) is 1.97. The molecule has 118 valence electrons. The quantitative estimate of drug-likeness (QED) is 0.861. The average Bonchev–Trinajstić information content (AvgIpc) is 2.49. The van der Waals surface area contributed by atoms with Crippen molar-refractivity contribution in [2.24, 2.45) is 0 Å². The molecule has 1 aliphatic heterocycles. The van der Waals surface area contributed by atoms with E-state index in [-0.39, 0.29) is 0 Å². The van der Waals surface area contributed by atoms with Gasteiger partial charge >= 0.3 is 0 Å². The number of piperidine rings is 1. The predicted molar refractivity (Wildman–Crippen MR) is 88.9 cm³/mol. The van der Waals surface area contributed by atoms with E-state index in [9.17, 15) is 8.42 Å². The zero-order chi connectivity index (χ0) is 15.5. The van der Waals surface area contributed by atoms with Crippen LogP contribution in [0.15, 0.2) is 21.5 Å². The van der Waals surface area contributed by atoms with Crippen LogP contribution >= 0.6 is 15.9 Å². The third kappa shape index (κ3) is 3.86. The molecule has 4 nitrogen and oxygen atoms in total. The van der Waals surface area contributed by atoms with Crippen LogP contribution in [0.4, 0.5) is 0 Å². The SMILES string of the molecule is CCNCc1cc(C)c(Br)c(S(=O)(=O)N2CCCCC2)c1. The molecule has 0 aromatic heterocycles. The minimum atomic E-state index is -3.40. The number of aryl methyl sites for hydroxylation is 1. The number of rotatable bonds is 5. The van der Waals surface area contributed by atoms with E-state index in [1.165, 1.54) is 0 Å². The Balaban J connectivity index is 2.38. The normalized spacial score (nSPS) is 17.1. The van der Waals surface area contributed by atoms with Gasteiger partial charge in [-0.1, -0.05) is 19.4 Å². The maximum atomic E-state index is 12.9. The van der Waals surface area contributed by atoms with Crippen molar-refractivity contribution in [2.45, 2.75) is 44.6 Å². The van der Waals surface area contributed by atoms with Crippen molar-refractivity contribution in [2.75, 3.05) is 19.6 Å². The molecule has 1 fully saturated rings. The summed E-state index contributed by atoms with van der Waals surface area (Å²) in [6.07, 6.45) is 3.02. The number of nitrogens with one attached hydrogen (secondary N) is 1. The minimum Gasteiger partial charge on any atom is -0.313 e. The monoisotopic (exact) mass is 374 g/mol. The molecule has 2 rings (SSSR count). The van der Waals surface area contributed by atoms with Gasteiger partial charge in [-0.2, -0.15) is 4.31 Å². The van der Waals surface area contributed by atoms with E-state index >= 15 is 0 Å². The fourth-order valence-corrected chi connectivity index (χ4v) is 5.16. The van der Waals surface area contributed by atoms with Crippen LogP contribution in [0.25, 0.3) is 0 Å². The molecule has 1 aliphatic rings. The Bertz CT molecular complexity index is 596. The molecule has 0 saturated carbocycles. The fourth-order valence-electron chi connectivity index (χ4n) is 2.61. The van der Waals surface area contributed by atoms with Gasteiger partial charge in [0.15, 0.2) is 0 Å². The molecule has 0 bridgehead atoms.